The summed E-state index contributed by atoms with van der Waals surface area (Å²) in [5.74, 6) is 0.578. The first-order valence-electron chi connectivity index (χ1n) is 6.79. The van der Waals surface area contributed by atoms with Gasteiger partial charge < -0.3 is 14.8 Å². The maximum Gasteiger partial charge on any atom is 0.262 e. The van der Waals surface area contributed by atoms with Gasteiger partial charge in [-0.1, -0.05) is 23.7 Å². The molecule has 1 unspecified atom stereocenters. The molecule has 2 aromatic rings. The van der Waals surface area contributed by atoms with Crippen LogP contribution in [0, 0.1) is 5.92 Å². The van der Waals surface area contributed by atoms with Crippen LogP contribution in [0.3, 0.4) is 0 Å². The average molecular weight is 307 g/mol. The summed E-state index contributed by atoms with van der Waals surface area (Å²) in [6.07, 6.45) is 1.55. The highest BCUT2D eigenvalue weighted by atomic mass is 35.5. The highest BCUT2D eigenvalue weighted by molar-refractivity contribution is 6.30. The first-order valence-corrected chi connectivity index (χ1v) is 7.17. The van der Waals surface area contributed by atoms with Crippen LogP contribution in [0.15, 0.2) is 29.1 Å². The molecule has 1 saturated heterocycles. The first-order chi connectivity index (χ1) is 10.1. The zero-order valence-electron chi connectivity index (χ0n) is 11.3. The standard InChI is InChI=1S/C15H15ClN2O3/c16-11-3-1-10(2-4-11)13-14(19)17-12(18-15(13)20)7-9-5-6-21-8-9/h1-4,9H,5-8H2,(H2,17,18,19,20). The van der Waals surface area contributed by atoms with Gasteiger partial charge in [0.15, 0.2) is 0 Å². The summed E-state index contributed by atoms with van der Waals surface area (Å²) in [5, 5.41) is 10.6. The Morgan fingerprint density at radius 1 is 1.38 bits per heavy atom. The number of hydrogen-bond donors (Lipinski definition) is 2. The predicted molar refractivity (Wildman–Crippen MR) is 79.6 cm³/mol. The molecule has 0 spiro atoms. The van der Waals surface area contributed by atoms with Crippen molar-refractivity contribution < 1.29 is 9.84 Å². The third-order valence-corrected chi connectivity index (χ3v) is 3.84. The van der Waals surface area contributed by atoms with Crippen LogP contribution < -0.4 is 5.56 Å². The summed E-state index contributed by atoms with van der Waals surface area (Å²) in [6, 6.07) is 6.69. The van der Waals surface area contributed by atoms with Gasteiger partial charge in [0, 0.05) is 24.7 Å². The Balaban J connectivity index is 1.92. The van der Waals surface area contributed by atoms with Crippen molar-refractivity contribution in [2.75, 3.05) is 13.2 Å². The minimum atomic E-state index is -0.348. The molecular formula is C15H15ClN2O3. The Bertz CT molecular complexity index is 691. The summed E-state index contributed by atoms with van der Waals surface area (Å²) in [7, 11) is 0. The normalized spacial score (nSPS) is 18.0. The fourth-order valence-corrected chi connectivity index (χ4v) is 2.62. The van der Waals surface area contributed by atoms with E-state index in [4.69, 9.17) is 16.3 Å². The summed E-state index contributed by atoms with van der Waals surface area (Å²) in [5.41, 5.74) is 0.401. The van der Waals surface area contributed by atoms with Crippen LogP contribution in [0.25, 0.3) is 11.1 Å². The Labute approximate surface area is 126 Å². The molecule has 1 fully saturated rings. The molecule has 0 radical (unpaired) electrons. The lowest BCUT2D eigenvalue weighted by Gasteiger charge is -2.09. The number of nitrogens with one attached hydrogen (secondary N) is 1. The quantitative estimate of drug-likeness (QED) is 0.913. The van der Waals surface area contributed by atoms with Crippen LogP contribution in [0.4, 0.5) is 0 Å². The van der Waals surface area contributed by atoms with Crippen LogP contribution in [0.1, 0.15) is 12.2 Å². The first kappa shape index (κ1) is 14.1. The van der Waals surface area contributed by atoms with Crippen molar-refractivity contribution in [2.45, 2.75) is 12.8 Å². The van der Waals surface area contributed by atoms with Crippen LogP contribution in [0.5, 0.6) is 5.88 Å². The molecule has 1 aromatic heterocycles. The number of hydrogen-bond acceptors (Lipinski definition) is 4. The van der Waals surface area contributed by atoms with Crippen molar-refractivity contribution in [3.8, 4) is 17.0 Å². The highest BCUT2D eigenvalue weighted by Crippen LogP contribution is 2.25. The molecule has 0 amide bonds. The van der Waals surface area contributed by atoms with E-state index in [-0.39, 0.29) is 17.0 Å². The molecule has 1 atom stereocenters. The maximum atomic E-state index is 12.2. The van der Waals surface area contributed by atoms with Crippen LogP contribution in [-0.4, -0.2) is 28.3 Å². The molecule has 0 saturated carbocycles. The molecule has 110 valence electrons. The Morgan fingerprint density at radius 2 is 2.14 bits per heavy atom. The van der Waals surface area contributed by atoms with E-state index in [1.54, 1.807) is 24.3 Å². The molecule has 21 heavy (non-hydrogen) atoms. The van der Waals surface area contributed by atoms with Gasteiger partial charge >= 0.3 is 0 Å². The van der Waals surface area contributed by atoms with Crippen molar-refractivity contribution in [2.24, 2.45) is 5.92 Å². The van der Waals surface area contributed by atoms with Crippen molar-refractivity contribution in [3.63, 3.8) is 0 Å². The number of ether oxygens (including phenoxy) is 1. The maximum absolute atomic E-state index is 12.2. The van der Waals surface area contributed by atoms with E-state index in [0.717, 1.165) is 13.0 Å². The summed E-state index contributed by atoms with van der Waals surface area (Å²) < 4.78 is 5.30. The van der Waals surface area contributed by atoms with Gasteiger partial charge in [-0.2, -0.15) is 4.98 Å². The van der Waals surface area contributed by atoms with Gasteiger partial charge in [0.1, 0.15) is 11.4 Å². The number of benzene rings is 1. The lowest BCUT2D eigenvalue weighted by Crippen LogP contribution is -2.16. The van der Waals surface area contributed by atoms with Crippen molar-refractivity contribution in [1.29, 1.82) is 0 Å². The lowest BCUT2D eigenvalue weighted by molar-refractivity contribution is 0.185. The van der Waals surface area contributed by atoms with Gasteiger partial charge in [-0.15, -0.1) is 0 Å². The van der Waals surface area contributed by atoms with Crippen molar-refractivity contribution in [3.05, 3.63) is 45.5 Å². The van der Waals surface area contributed by atoms with Gasteiger partial charge in [0.25, 0.3) is 5.56 Å². The van der Waals surface area contributed by atoms with E-state index in [1.807, 2.05) is 0 Å². The second-order valence-electron chi connectivity index (χ2n) is 5.15. The minimum Gasteiger partial charge on any atom is -0.493 e. The number of aromatic amines is 1. The van der Waals surface area contributed by atoms with E-state index in [1.165, 1.54) is 0 Å². The number of H-pyrrole nitrogens is 1. The monoisotopic (exact) mass is 306 g/mol. The Hall–Kier alpha value is -1.85. The zero-order valence-corrected chi connectivity index (χ0v) is 12.1. The molecule has 0 aliphatic carbocycles. The SMILES string of the molecule is O=c1[nH]c(CC2CCOC2)nc(O)c1-c1ccc(Cl)cc1. The lowest BCUT2D eigenvalue weighted by atomic mass is 10.0. The smallest absolute Gasteiger partial charge is 0.262 e. The van der Waals surface area contributed by atoms with Gasteiger partial charge in [-0.25, -0.2) is 0 Å². The van der Waals surface area contributed by atoms with Crippen LogP contribution in [-0.2, 0) is 11.2 Å². The number of nitrogens with zero attached hydrogens (tertiary/aromatic N) is 1. The summed E-state index contributed by atoms with van der Waals surface area (Å²) in [6.45, 7) is 1.41. The van der Waals surface area contributed by atoms with E-state index in [0.29, 0.717) is 35.4 Å². The van der Waals surface area contributed by atoms with Gasteiger partial charge in [-0.3, -0.25) is 4.79 Å². The molecule has 3 rings (SSSR count). The molecule has 2 N–H and O–H groups in total. The topological polar surface area (TPSA) is 75.2 Å². The second kappa shape index (κ2) is 5.87. The van der Waals surface area contributed by atoms with E-state index in [9.17, 15) is 9.90 Å². The molecule has 6 heteroatoms. The minimum absolute atomic E-state index is 0.165. The number of rotatable bonds is 3. The van der Waals surface area contributed by atoms with Gasteiger partial charge in [0.2, 0.25) is 5.88 Å². The highest BCUT2D eigenvalue weighted by Gasteiger charge is 2.19. The number of halogens is 1. The molecule has 2 heterocycles. The van der Waals surface area contributed by atoms with Crippen molar-refractivity contribution >= 4 is 11.6 Å². The average Bonchev–Trinajstić information content (AvgIpc) is 2.93. The van der Waals surface area contributed by atoms with Crippen LogP contribution in [0.2, 0.25) is 5.02 Å². The Morgan fingerprint density at radius 3 is 2.76 bits per heavy atom. The zero-order chi connectivity index (χ0) is 14.8. The van der Waals surface area contributed by atoms with Crippen LogP contribution >= 0.6 is 11.6 Å². The molecule has 0 bridgehead atoms. The summed E-state index contributed by atoms with van der Waals surface area (Å²) >= 11 is 5.82. The second-order valence-corrected chi connectivity index (χ2v) is 5.59. The molecule has 1 aromatic carbocycles. The molecule has 1 aliphatic rings. The van der Waals surface area contributed by atoms with Gasteiger partial charge in [0.05, 0.1) is 0 Å². The van der Waals surface area contributed by atoms with Gasteiger partial charge in [-0.05, 0) is 30.0 Å². The van der Waals surface area contributed by atoms with E-state index >= 15 is 0 Å². The molecule has 1 aliphatic heterocycles. The fourth-order valence-electron chi connectivity index (χ4n) is 2.50. The largest absolute Gasteiger partial charge is 0.493 e. The number of aromatic nitrogens is 2. The molecular weight excluding hydrogens is 292 g/mol. The third-order valence-electron chi connectivity index (χ3n) is 3.59. The summed E-state index contributed by atoms with van der Waals surface area (Å²) in [4.78, 5) is 19.0. The van der Waals surface area contributed by atoms with E-state index in [2.05, 4.69) is 9.97 Å². The predicted octanol–water partition coefficient (Wildman–Crippen LogP) is 2.37. The third kappa shape index (κ3) is 3.09. The molecule has 5 nitrogen and oxygen atoms in total. The number of aromatic hydroxyl groups is 1. The fraction of sp³-hybridized carbons (Fsp3) is 0.333. The Kier molecular flexibility index (Phi) is 3.94. The van der Waals surface area contributed by atoms with E-state index < -0.39 is 0 Å². The van der Waals surface area contributed by atoms with Crippen molar-refractivity contribution in [1.82, 2.24) is 9.97 Å².